The van der Waals surface area contributed by atoms with E-state index < -0.39 is 8.32 Å². The highest BCUT2D eigenvalue weighted by atomic mass is 28.4. The number of unbranched alkanes of at least 4 members (excludes halogenated alkanes) is 3. The van der Waals surface area contributed by atoms with Crippen LogP contribution in [0.2, 0.25) is 18.1 Å². The molecule has 18 heavy (non-hydrogen) atoms. The summed E-state index contributed by atoms with van der Waals surface area (Å²) in [5.74, 6) is 0.826. The second-order valence-electron chi connectivity index (χ2n) is 7.35. The van der Waals surface area contributed by atoms with Gasteiger partial charge in [-0.2, -0.15) is 0 Å². The standard InChI is InChI=1S/C16H36OSi/c1-8-9-10-11-12-15(2)13-14-17-18(6,7)16(3,4)5/h15H,8-14H2,1-7H3/t15-/m1/s1. The average molecular weight is 273 g/mol. The molecule has 2 heteroatoms. The van der Waals surface area contributed by atoms with Crippen LogP contribution in [0.1, 0.15) is 73.1 Å². The van der Waals surface area contributed by atoms with E-state index >= 15 is 0 Å². The van der Waals surface area contributed by atoms with Crippen LogP contribution in [-0.2, 0) is 4.43 Å². The molecule has 0 aromatic heterocycles. The molecule has 0 fully saturated rings. The first-order valence-electron chi connectivity index (χ1n) is 7.84. The molecule has 110 valence electrons. The lowest BCUT2D eigenvalue weighted by molar-refractivity contribution is 0.254. The highest BCUT2D eigenvalue weighted by Crippen LogP contribution is 2.36. The van der Waals surface area contributed by atoms with Crippen molar-refractivity contribution in [2.24, 2.45) is 5.92 Å². The molecular weight excluding hydrogens is 236 g/mol. The largest absolute Gasteiger partial charge is 0.417 e. The van der Waals surface area contributed by atoms with Gasteiger partial charge in [-0.15, -0.1) is 0 Å². The Kier molecular flexibility index (Phi) is 8.45. The van der Waals surface area contributed by atoms with Crippen molar-refractivity contribution in [2.45, 2.75) is 91.3 Å². The monoisotopic (exact) mass is 272 g/mol. The second-order valence-corrected chi connectivity index (χ2v) is 12.2. The van der Waals surface area contributed by atoms with Gasteiger partial charge in [0.1, 0.15) is 0 Å². The van der Waals surface area contributed by atoms with Crippen molar-refractivity contribution in [1.29, 1.82) is 0 Å². The molecule has 0 radical (unpaired) electrons. The molecular formula is C16H36OSi. The molecule has 0 saturated heterocycles. The maximum Gasteiger partial charge on any atom is 0.191 e. The zero-order chi connectivity index (χ0) is 14.2. The summed E-state index contributed by atoms with van der Waals surface area (Å²) >= 11 is 0. The average Bonchev–Trinajstić information content (AvgIpc) is 2.22. The van der Waals surface area contributed by atoms with E-state index in [1.54, 1.807) is 0 Å². The van der Waals surface area contributed by atoms with Crippen LogP contribution in [0.3, 0.4) is 0 Å². The van der Waals surface area contributed by atoms with E-state index in [-0.39, 0.29) is 0 Å². The minimum atomic E-state index is -1.52. The Hall–Kier alpha value is 0.177. The van der Waals surface area contributed by atoms with Gasteiger partial charge in [-0.05, 0) is 30.5 Å². The molecule has 0 aromatic rings. The summed E-state index contributed by atoms with van der Waals surface area (Å²) in [5.41, 5.74) is 0. The summed E-state index contributed by atoms with van der Waals surface area (Å²) in [4.78, 5) is 0. The molecule has 0 unspecified atom stereocenters. The van der Waals surface area contributed by atoms with Gasteiger partial charge < -0.3 is 4.43 Å². The summed E-state index contributed by atoms with van der Waals surface area (Å²) in [6.07, 6.45) is 8.15. The number of hydrogen-bond donors (Lipinski definition) is 0. The van der Waals surface area contributed by atoms with E-state index in [4.69, 9.17) is 4.43 Å². The number of rotatable bonds is 9. The van der Waals surface area contributed by atoms with Crippen LogP contribution >= 0.6 is 0 Å². The molecule has 0 aromatic carbocycles. The van der Waals surface area contributed by atoms with Gasteiger partial charge in [0.2, 0.25) is 0 Å². The summed E-state index contributed by atoms with van der Waals surface area (Å²) in [6.45, 7) is 17.2. The van der Waals surface area contributed by atoms with Gasteiger partial charge >= 0.3 is 0 Å². The lowest BCUT2D eigenvalue weighted by Crippen LogP contribution is -2.41. The van der Waals surface area contributed by atoms with Gasteiger partial charge in [-0.1, -0.05) is 66.7 Å². The quantitative estimate of drug-likeness (QED) is 0.369. The SMILES string of the molecule is CCCCCC[C@@H](C)CCO[Si](C)(C)C(C)(C)C. The first kappa shape index (κ1) is 18.2. The second kappa shape index (κ2) is 8.37. The van der Waals surface area contributed by atoms with Crippen LogP contribution in [0, 0.1) is 5.92 Å². The van der Waals surface area contributed by atoms with Crippen LogP contribution in [0.4, 0.5) is 0 Å². The van der Waals surface area contributed by atoms with Gasteiger partial charge in [-0.3, -0.25) is 0 Å². The molecule has 0 heterocycles. The van der Waals surface area contributed by atoms with Crippen molar-refractivity contribution in [3.8, 4) is 0 Å². The van der Waals surface area contributed by atoms with Gasteiger partial charge in [0.25, 0.3) is 0 Å². The van der Waals surface area contributed by atoms with Gasteiger partial charge in [-0.25, -0.2) is 0 Å². The van der Waals surface area contributed by atoms with Crippen LogP contribution in [0.25, 0.3) is 0 Å². The fourth-order valence-electron chi connectivity index (χ4n) is 1.80. The van der Waals surface area contributed by atoms with E-state index in [1.807, 2.05) is 0 Å². The highest BCUT2D eigenvalue weighted by molar-refractivity contribution is 6.74. The van der Waals surface area contributed by atoms with Crippen LogP contribution in [-0.4, -0.2) is 14.9 Å². The molecule has 1 nitrogen and oxygen atoms in total. The summed E-state index contributed by atoms with van der Waals surface area (Å²) in [5, 5.41) is 0.345. The third kappa shape index (κ3) is 7.58. The van der Waals surface area contributed by atoms with Crippen molar-refractivity contribution in [1.82, 2.24) is 0 Å². The Balaban J connectivity index is 3.71. The smallest absolute Gasteiger partial charge is 0.191 e. The third-order valence-corrected chi connectivity index (χ3v) is 8.97. The fourth-order valence-corrected chi connectivity index (χ4v) is 2.86. The first-order valence-corrected chi connectivity index (χ1v) is 10.8. The molecule has 0 aliphatic carbocycles. The lowest BCUT2D eigenvalue weighted by atomic mass is 10.00. The summed E-state index contributed by atoms with van der Waals surface area (Å²) < 4.78 is 6.23. The van der Waals surface area contributed by atoms with Crippen LogP contribution in [0.5, 0.6) is 0 Å². The predicted molar refractivity (Wildman–Crippen MR) is 85.7 cm³/mol. The Bertz CT molecular complexity index is 206. The Morgan fingerprint density at radius 3 is 2.11 bits per heavy atom. The maximum atomic E-state index is 6.23. The predicted octanol–water partition coefficient (Wildman–Crippen LogP) is 6.00. The molecule has 0 bridgehead atoms. The van der Waals surface area contributed by atoms with Crippen LogP contribution in [0.15, 0.2) is 0 Å². The molecule has 0 rings (SSSR count). The van der Waals surface area contributed by atoms with Gasteiger partial charge in [0, 0.05) is 6.61 Å². The molecule has 0 N–H and O–H groups in total. The molecule has 0 aliphatic heterocycles. The van der Waals surface area contributed by atoms with Gasteiger partial charge in [0.05, 0.1) is 0 Å². The lowest BCUT2D eigenvalue weighted by Gasteiger charge is -2.36. The highest BCUT2D eigenvalue weighted by Gasteiger charge is 2.36. The number of hydrogen-bond acceptors (Lipinski definition) is 1. The first-order chi connectivity index (χ1) is 8.20. The summed E-state index contributed by atoms with van der Waals surface area (Å²) in [6, 6.07) is 0. The zero-order valence-electron chi connectivity index (χ0n) is 13.9. The Morgan fingerprint density at radius 2 is 1.61 bits per heavy atom. The maximum absolute atomic E-state index is 6.23. The molecule has 0 aliphatic rings. The van der Waals surface area contributed by atoms with E-state index in [9.17, 15) is 0 Å². The molecule has 0 spiro atoms. The van der Waals surface area contributed by atoms with Crippen molar-refractivity contribution in [3.63, 3.8) is 0 Å². The van der Waals surface area contributed by atoms with E-state index in [2.05, 4.69) is 47.7 Å². The third-order valence-electron chi connectivity index (χ3n) is 4.43. The fraction of sp³-hybridized carbons (Fsp3) is 1.00. The van der Waals surface area contributed by atoms with Crippen LogP contribution < -0.4 is 0 Å². The van der Waals surface area contributed by atoms with E-state index in [0.717, 1.165) is 12.5 Å². The van der Waals surface area contributed by atoms with E-state index in [1.165, 1.54) is 38.5 Å². The van der Waals surface area contributed by atoms with Crippen molar-refractivity contribution < 1.29 is 4.43 Å². The summed E-state index contributed by atoms with van der Waals surface area (Å²) in [7, 11) is -1.52. The van der Waals surface area contributed by atoms with Crippen molar-refractivity contribution in [3.05, 3.63) is 0 Å². The Labute approximate surface area is 117 Å². The van der Waals surface area contributed by atoms with Gasteiger partial charge in [0.15, 0.2) is 8.32 Å². The topological polar surface area (TPSA) is 9.23 Å². The minimum absolute atomic E-state index is 0.345. The molecule has 0 amide bonds. The van der Waals surface area contributed by atoms with Crippen molar-refractivity contribution >= 4 is 8.32 Å². The normalized spacial score (nSPS) is 14.8. The molecule has 1 atom stereocenters. The molecule has 0 saturated carbocycles. The minimum Gasteiger partial charge on any atom is -0.417 e. The zero-order valence-corrected chi connectivity index (χ0v) is 14.9. The Morgan fingerprint density at radius 1 is 1.00 bits per heavy atom. The van der Waals surface area contributed by atoms with Crippen molar-refractivity contribution in [2.75, 3.05) is 6.61 Å². The van der Waals surface area contributed by atoms with E-state index in [0.29, 0.717) is 5.04 Å².